The van der Waals surface area contributed by atoms with E-state index in [1.165, 1.54) is 4.90 Å². The zero-order valence-electron chi connectivity index (χ0n) is 17.4. The van der Waals surface area contributed by atoms with Crippen molar-refractivity contribution < 1.29 is 14.3 Å². The van der Waals surface area contributed by atoms with Crippen molar-refractivity contribution in [3.63, 3.8) is 0 Å². The Kier molecular flexibility index (Phi) is 10.8. The molecule has 0 saturated carbocycles. The number of carbonyl (C=O) groups is 2. The molecule has 154 valence electrons. The molecular formula is C25H31NO3. The highest BCUT2D eigenvalue weighted by Crippen LogP contribution is 2.30. The van der Waals surface area contributed by atoms with Crippen LogP contribution in [0.25, 0.3) is 0 Å². The predicted octanol–water partition coefficient (Wildman–Crippen LogP) is 5.97. The third-order valence-corrected chi connectivity index (χ3v) is 4.42. The van der Waals surface area contributed by atoms with E-state index in [4.69, 9.17) is 4.74 Å². The van der Waals surface area contributed by atoms with Crippen LogP contribution >= 0.6 is 0 Å². The molecule has 2 atom stereocenters. The Morgan fingerprint density at radius 1 is 1.10 bits per heavy atom. The van der Waals surface area contributed by atoms with Gasteiger partial charge in [0.15, 0.2) is 0 Å². The van der Waals surface area contributed by atoms with Crippen LogP contribution in [0.5, 0.6) is 0 Å². The van der Waals surface area contributed by atoms with E-state index in [0.29, 0.717) is 12.8 Å². The summed E-state index contributed by atoms with van der Waals surface area (Å²) in [7, 11) is 0. The van der Waals surface area contributed by atoms with Crippen LogP contribution < -0.4 is 0 Å². The Morgan fingerprint density at radius 2 is 1.66 bits per heavy atom. The van der Waals surface area contributed by atoms with Gasteiger partial charge in [0, 0.05) is 5.92 Å². The summed E-state index contributed by atoms with van der Waals surface area (Å²) in [5, 5.41) is 0. The Morgan fingerprint density at radius 3 is 2.21 bits per heavy atom. The van der Waals surface area contributed by atoms with Crippen molar-refractivity contribution in [2.45, 2.75) is 32.7 Å². The number of hydrogen-bond acceptors (Lipinski definition) is 3. The van der Waals surface area contributed by atoms with Crippen LogP contribution in [0.15, 0.2) is 86.5 Å². The summed E-state index contributed by atoms with van der Waals surface area (Å²) in [6, 6.07) is 18.9. The Balaban J connectivity index is 0.000000989. The number of rotatable bonds is 6. The summed E-state index contributed by atoms with van der Waals surface area (Å²) in [6.07, 6.45) is 2.24. The summed E-state index contributed by atoms with van der Waals surface area (Å²) in [4.78, 5) is 26.6. The number of carbonyl (C=O) groups excluding carboxylic acids is 2. The van der Waals surface area contributed by atoms with Gasteiger partial charge in [-0.2, -0.15) is 0 Å². The van der Waals surface area contributed by atoms with E-state index in [1.807, 2.05) is 74.5 Å². The van der Waals surface area contributed by atoms with E-state index >= 15 is 0 Å². The first-order valence-corrected chi connectivity index (χ1v) is 9.90. The highest BCUT2D eigenvalue weighted by atomic mass is 16.6. The Hall–Kier alpha value is -3.14. The third-order valence-electron chi connectivity index (χ3n) is 4.42. The highest BCUT2D eigenvalue weighted by molar-refractivity contribution is 5.95. The number of cyclic esters (lactones) is 1. The van der Waals surface area contributed by atoms with Gasteiger partial charge in [-0.15, -0.1) is 19.7 Å². The molecule has 0 bridgehead atoms. The van der Waals surface area contributed by atoms with Crippen molar-refractivity contribution in [3.8, 4) is 0 Å². The summed E-state index contributed by atoms with van der Waals surface area (Å²) in [5.74, 6) is -0.545. The quantitative estimate of drug-likeness (QED) is 0.568. The topological polar surface area (TPSA) is 46.6 Å². The zero-order valence-corrected chi connectivity index (χ0v) is 17.4. The smallest absolute Gasteiger partial charge is 0.417 e. The Labute approximate surface area is 174 Å². The van der Waals surface area contributed by atoms with Crippen molar-refractivity contribution in [1.82, 2.24) is 4.90 Å². The lowest BCUT2D eigenvalue weighted by Crippen LogP contribution is -2.39. The third kappa shape index (κ3) is 6.46. The second kappa shape index (κ2) is 13.1. The second-order valence-electron chi connectivity index (χ2n) is 6.12. The molecule has 3 rings (SSSR count). The number of hydrogen-bond donors (Lipinski definition) is 0. The van der Waals surface area contributed by atoms with Gasteiger partial charge in [-0.3, -0.25) is 4.79 Å². The number of imide groups is 1. The van der Waals surface area contributed by atoms with Crippen LogP contribution in [0.1, 0.15) is 37.4 Å². The normalized spacial score (nSPS) is 15.7. The molecule has 29 heavy (non-hydrogen) atoms. The fourth-order valence-corrected chi connectivity index (χ4v) is 3.15. The van der Waals surface area contributed by atoms with E-state index in [-0.39, 0.29) is 24.5 Å². The molecule has 1 aliphatic heterocycles. The molecule has 0 aromatic heterocycles. The lowest BCUT2D eigenvalue weighted by Gasteiger charge is -2.24. The van der Waals surface area contributed by atoms with Crippen LogP contribution in [0.2, 0.25) is 0 Å². The van der Waals surface area contributed by atoms with Crippen molar-refractivity contribution >= 4 is 12.0 Å². The van der Waals surface area contributed by atoms with Crippen LogP contribution in [0.3, 0.4) is 0 Å². The maximum absolute atomic E-state index is 13.1. The standard InChI is InChI=1S/C21H21NO3.C2H6.C2H4/c1-2-9-18(14-16-10-5-3-6-11-16)20(23)22-19(15-25-21(22)24)17-12-7-4-8-13-17;2*1-2/h2-8,10-13,18-19H,1,9,14-15H2;1-2H3;1-2H2/t18-,19+;;/m1../s1. The SMILES string of the molecule is C=C.C=CC[C@H](Cc1ccccc1)C(=O)N1C(=O)OC[C@H]1c1ccccc1.CC. The summed E-state index contributed by atoms with van der Waals surface area (Å²) in [6.45, 7) is 14.0. The summed E-state index contributed by atoms with van der Waals surface area (Å²) >= 11 is 0. The fraction of sp³-hybridized carbons (Fsp3) is 0.280. The molecular weight excluding hydrogens is 362 g/mol. The van der Waals surface area contributed by atoms with Gasteiger partial charge in [0.05, 0.1) is 0 Å². The predicted molar refractivity (Wildman–Crippen MR) is 118 cm³/mol. The molecule has 1 fully saturated rings. The van der Waals surface area contributed by atoms with Gasteiger partial charge in [-0.05, 0) is 24.0 Å². The van der Waals surface area contributed by atoms with E-state index in [0.717, 1.165) is 11.1 Å². The molecule has 1 aliphatic rings. The average Bonchev–Trinajstić information content (AvgIpc) is 3.18. The molecule has 0 radical (unpaired) electrons. The van der Waals surface area contributed by atoms with Gasteiger partial charge >= 0.3 is 6.09 Å². The molecule has 4 heteroatoms. The summed E-state index contributed by atoms with van der Waals surface area (Å²) in [5.41, 5.74) is 1.96. The minimum absolute atomic E-state index is 0.195. The van der Waals surface area contributed by atoms with E-state index < -0.39 is 6.09 Å². The first-order chi connectivity index (χ1) is 14.2. The van der Waals surface area contributed by atoms with Crippen molar-refractivity contribution in [3.05, 3.63) is 97.6 Å². The number of benzene rings is 2. The molecule has 1 heterocycles. The fourth-order valence-electron chi connectivity index (χ4n) is 3.15. The van der Waals surface area contributed by atoms with Crippen LogP contribution in [-0.2, 0) is 16.0 Å². The van der Waals surface area contributed by atoms with Crippen LogP contribution in [-0.4, -0.2) is 23.5 Å². The highest BCUT2D eigenvalue weighted by Gasteiger charge is 2.41. The number of nitrogens with zero attached hydrogens (tertiary/aromatic N) is 1. The van der Waals surface area contributed by atoms with E-state index in [1.54, 1.807) is 6.08 Å². The van der Waals surface area contributed by atoms with Gasteiger partial charge in [-0.1, -0.05) is 80.6 Å². The lowest BCUT2D eigenvalue weighted by atomic mass is 9.94. The average molecular weight is 394 g/mol. The van der Waals surface area contributed by atoms with Crippen molar-refractivity contribution in [1.29, 1.82) is 0 Å². The Bertz CT molecular complexity index is 758. The maximum Gasteiger partial charge on any atom is 0.417 e. The van der Waals surface area contributed by atoms with Gasteiger partial charge in [0.1, 0.15) is 12.6 Å². The molecule has 0 spiro atoms. The largest absolute Gasteiger partial charge is 0.446 e. The molecule has 2 amide bonds. The molecule has 2 aromatic rings. The minimum Gasteiger partial charge on any atom is -0.446 e. The number of ether oxygens (including phenoxy) is 1. The number of amides is 2. The first-order valence-electron chi connectivity index (χ1n) is 9.90. The minimum atomic E-state index is -0.569. The van der Waals surface area contributed by atoms with Gasteiger partial charge < -0.3 is 4.74 Å². The number of allylic oxidation sites excluding steroid dienone is 1. The van der Waals surface area contributed by atoms with Gasteiger partial charge in [-0.25, -0.2) is 9.69 Å². The van der Waals surface area contributed by atoms with Crippen molar-refractivity contribution in [2.24, 2.45) is 5.92 Å². The second-order valence-corrected chi connectivity index (χ2v) is 6.12. The molecule has 2 aromatic carbocycles. The monoisotopic (exact) mass is 393 g/mol. The molecule has 1 saturated heterocycles. The molecule has 4 nitrogen and oxygen atoms in total. The van der Waals surface area contributed by atoms with Crippen molar-refractivity contribution in [2.75, 3.05) is 6.61 Å². The van der Waals surface area contributed by atoms with Crippen LogP contribution in [0.4, 0.5) is 4.79 Å². The lowest BCUT2D eigenvalue weighted by molar-refractivity contribution is -0.133. The van der Waals surface area contributed by atoms with Crippen LogP contribution in [0, 0.1) is 5.92 Å². The zero-order chi connectivity index (χ0) is 21.6. The van der Waals surface area contributed by atoms with Gasteiger partial charge in [0.25, 0.3) is 0 Å². The maximum atomic E-state index is 13.1. The van der Waals surface area contributed by atoms with Gasteiger partial charge in [0.2, 0.25) is 5.91 Å². The molecule has 0 aliphatic carbocycles. The first kappa shape index (κ1) is 23.9. The van der Waals surface area contributed by atoms with E-state index in [9.17, 15) is 9.59 Å². The van der Waals surface area contributed by atoms with E-state index in [2.05, 4.69) is 19.7 Å². The molecule has 0 N–H and O–H groups in total. The molecule has 0 unspecified atom stereocenters. The summed E-state index contributed by atoms with van der Waals surface area (Å²) < 4.78 is 5.17.